The van der Waals surface area contributed by atoms with Gasteiger partial charge in [-0.2, -0.15) is 0 Å². The van der Waals surface area contributed by atoms with Crippen LogP contribution in [0.3, 0.4) is 0 Å². The molecule has 15 heteroatoms. The summed E-state index contributed by atoms with van der Waals surface area (Å²) >= 11 is 1.70. The number of amides is 4. The Bertz CT molecular complexity index is 2350. The number of methoxy groups -OCH3 is 2. The van der Waals surface area contributed by atoms with Gasteiger partial charge in [0.05, 0.1) is 55.0 Å². The fourth-order valence-corrected chi connectivity index (χ4v) is 10.1. The molecule has 0 radical (unpaired) electrons. The Morgan fingerprint density at radius 1 is 0.825 bits per heavy atom. The molecule has 2 aromatic carbocycles. The van der Waals surface area contributed by atoms with E-state index < -0.39 is 24.3 Å². The van der Waals surface area contributed by atoms with Crippen LogP contribution in [0.25, 0.3) is 42.7 Å². The zero-order chi connectivity index (χ0) is 40.3. The van der Waals surface area contributed by atoms with Crippen molar-refractivity contribution < 1.29 is 28.7 Å². The number of nitrogens with one attached hydrogen (secondary N) is 4. The quantitative estimate of drug-likeness (QED) is 0.115. The molecule has 300 valence electrons. The number of piperidine rings is 1. The van der Waals surface area contributed by atoms with Crippen LogP contribution in [0.15, 0.2) is 48.8 Å². The molecule has 0 spiro atoms. The van der Waals surface area contributed by atoms with Gasteiger partial charge in [-0.05, 0) is 78.1 Å². The normalized spacial score (nSPS) is 22.6. The van der Waals surface area contributed by atoms with Crippen LogP contribution in [-0.4, -0.2) is 92.6 Å². The van der Waals surface area contributed by atoms with E-state index in [-0.39, 0.29) is 41.8 Å². The minimum Gasteiger partial charge on any atom is -0.453 e. The Labute approximate surface area is 335 Å². The van der Waals surface area contributed by atoms with Crippen molar-refractivity contribution in [2.24, 2.45) is 23.7 Å². The van der Waals surface area contributed by atoms with Gasteiger partial charge >= 0.3 is 12.2 Å². The molecule has 5 aromatic rings. The molecule has 3 aliphatic rings. The van der Waals surface area contributed by atoms with E-state index in [1.165, 1.54) is 14.2 Å². The summed E-state index contributed by atoms with van der Waals surface area (Å²) in [5, 5.41) is 8.82. The zero-order valence-electron chi connectivity index (χ0n) is 33.3. The zero-order valence-corrected chi connectivity index (χ0v) is 34.1. The first-order valence-electron chi connectivity index (χ1n) is 19.8. The highest BCUT2D eigenvalue weighted by Crippen LogP contribution is 2.59. The minimum absolute atomic E-state index is 0.0385. The molecule has 5 heterocycles. The van der Waals surface area contributed by atoms with Gasteiger partial charge in [0.15, 0.2) is 0 Å². The second-order valence-corrected chi connectivity index (χ2v) is 17.3. The molecule has 4 amide bonds. The fraction of sp³-hybridized carbons (Fsp3) is 0.476. The third-order valence-electron chi connectivity index (χ3n) is 12.1. The van der Waals surface area contributed by atoms with E-state index in [4.69, 9.17) is 19.4 Å². The van der Waals surface area contributed by atoms with Crippen molar-refractivity contribution in [1.29, 1.82) is 0 Å². The topological polar surface area (TPSA) is 175 Å². The van der Waals surface area contributed by atoms with E-state index in [2.05, 4.69) is 63.9 Å². The Morgan fingerprint density at radius 3 is 2.18 bits per heavy atom. The molecule has 14 nitrogen and oxygen atoms in total. The smallest absolute Gasteiger partial charge is 0.407 e. The monoisotopic (exact) mass is 794 g/mol. The summed E-state index contributed by atoms with van der Waals surface area (Å²) in [4.78, 5) is 73.2. The van der Waals surface area contributed by atoms with Crippen molar-refractivity contribution in [3.05, 3.63) is 60.4 Å². The van der Waals surface area contributed by atoms with Gasteiger partial charge in [-0.25, -0.2) is 19.6 Å². The van der Waals surface area contributed by atoms with E-state index in [0.717, 1.165) is 73.6 Å². The van der Waals surface area contributed by atoms with E-state index >= 15 is 0 Å². The third kappa shape index (κ3) is 6.99. The molecule has 2 saturated heterocycles. The first-order chi connectivity index (χ1) is 27.4. The summed E-state index contributed by atoms with van der Waals surface area (Å²) in [7, 11) is 2.60. The molecular formula is C42H50N8O6S. The highest BCUT2D eigenvalue weighted by Gasteiger charge is 2.60. The van der Waals surface area contributed by atoms with Crippen LogP contribution in [0.1, 0.15) is 77.6 Å². The number of ether oxygens (including phenoxy) is 2. The van der Waals surface area contributed by atoms with Crippen LogP contribution in [0, 0.1) is 23.7 Å². The van der Waals surface area contributed by atoms with Gasteiger partial charge in [0, 0.05) is 22.8 Å². The van der Waals surface area contributed by atoms with Crippen LogP contribution in [0.4, 0.5) is 9.59 Å². The van der Waals surface area contributed by atoms with Crippen LogP contribution >= 0.6 is 11.3 Å². The van der Waals surface area contributed by atoms with Crippen LogP contribution in [-0.2, 0) is 19.1 Å². The van der Waals surface area contributed by atoms with Gasteiger partial charge in [0.25, 0.3) is 0 Å². The summed E-state index contributed by atoms with van der Waals surface area (Å²) in [6.07, 6.45) is 5.12. The van der Waals surface area contributed by atoms with E-state index in [0.29, 0.717) is 18.4 Å². The van der Waals surface area contributed by atoms with E-state index in [1.54, 1.807) is 11.3 Å². The van der Waals surface area contributed by atoms with E-state index in [1.807, 2.05) is 49.9 Å². The molecule has 4 N–H and O–H groups in total. The van der Waals surface area contributed by atoms with Gasteiger partial charge in [-0.3, -0.25) is 9.59 Å². The molecular weight excluding hydrogens is 745 g/mol. The predicted molar refractivity (Wildman–Crippen MR) is 217 cm³/mol. The molecule has 1 aliphatic carbocycles. The maximum atomic E-state index is 14.0. The van der Waals surface area contributed by atoms with Gasteiger partial charge in [-0.1, -0.05) is 52.0 Å². The number of hydrogen-bond acceptors (Lipinski definition) is 9. The van der Waals surface area contributed by atoms with Crippen LogP contribution in [0.2, 0.25) is 0 Å². The number of thiophene rings is 1. The van der Waals surface area contributed by atoms with Gasteiger partial charge < -0.3 is 39.9 Å². The summed E-state index contributed by atoms with van der Waals surface area (Å²) in [5.41, 5.74) is 2.76. The predicted octanol–water partition coefficient (Wildman–Crippen LogP) is 7.17. The maximum Gasteiger partial charge on any atom is 0.407 e. The first kappa shape index (κ1) is 38.4. The van der Waals surface area contributed by atoms with Crippen molar-refractivity contribution >= 4 is 56.2 Å². The number of benzene rings is 2. The number of imidazole rings is 2. The van der Waals surface area contributed by atoms with Gasteiger partial charge in [0.2, 0.25) is 11.8 Å². The van der Waals surface area contributed by atoms with Crippen LogP contribution in [0.5, 0.6) is 0 Å². The maximum absolute atomic E-state index is 14.0. The number of aromatic amines is 2. The lowest BCUT2D eigenvalue weighted by Crippen LogP contribution is -2.53. The Kier molecular flexibility index (Phi) is 10.2. The van der Waals surface area contributed by atoms with Crippen molar-refractivity contribution in [3.63, 3.8) is 0 Å². The van der Waals surface area contributed by atoms with Crippen LogP contribution < -0.4 is 10.6 Å². The Balaban J connectivity index is 1.02. The number of aromatic nitrogens is 4. The highest BCUT2D eigenvalue weighted by atomic mass is 32.1. The highest BCUT2D eigenvalue weighted by molar-refractivity contribution is 7.23. The fourth-order valence-electron chi connectivity index (χ4n) is 8.94. The molecule has 2 unspecified atom stereocenters. The summed E-state index contributed by atoms with van der Waals surface area (Å²) in [5.74, 6) is 1.75. The molecule has 2 aliphatic heterocycles. The number of H-pyrrole nitrogens is 2. The number of alkyl carbamates (subject to hydrolysis) is 2. The molecule has 7 atom stereocenters. The number of rotatable bonds is 10. The average molecular weight is 795 g/mol. The second-order valence-electron chi connectivity index (χ2n) is 16.3. The number of hydrogen-bond donors (Lipinski definition) is 4. The lowest BCUT2D eigenvalue weighted by molar-refractivity contribution is -0.138. The Hall–Kier alpha value is -5.44. The lowest BCUT2D eigenvalue weighted by atomic mass is 10.0. The van der Waals surface area contributed by atoms with Crippen molar-refractivity contribution in [1.82, 2.24) is 40.4 Å². The first-order valence-corrected chi connectivity index (χ1v) is 20.6. The minimum atomic E-state index is -0.699. The molecule has 57 heavy (non-hydrogen) atoms. The number of fused-ring (bicyclic) bond motifs is 4. The lowest BCUT2D eigenvalue weighted by Gasteiger charge is -2.35. The van der Waals surface area contributed by atoms with E-state index in [9.17, 15) is 19.2 Å². The second kappa shape index (κ2) is 15.1. The molecule has 8 rings (SSSR count). The molecule has 3 fully saturated rings. The Morgan fingerprint density at radius 2 is 1.47 bits per heavy atom. The third-order valence-corrected chi connectivity index (χ3v) is 13.3. The number of carbonyl (C=O) groups is 4. The number of likely N-dealkylation sites (tertiary alicyclic amines) is 2. The standard InChI is InChI=1S/C42H50N8O6S/c1-20(2)33(47-41(53)55-6)39(51)49-14-8-9-31(49)37-43-18-29(45-37)24-12-13-26-23(15-24)10-11-25-16-32(57-36(25)26)30-19-44-38(46-30)35-28-17-27(28)22(5)50(35)40(52)34(21(3)4)48-42(54)56-7/h10-13,15-16,18-22,27-28,31,33-35H,8-9,14,17H2,1-7H3,(H,43,45)(H,44,46)(H,47,53)(H,48,54)/t22-,27?,28-,31-,33?,34-,35-/m0/s1. The van der Waals surface area contributed by atoms with Crippen molar-refractivity contribution in [2.75, 3.05) is 20.8 Å². The largest absolute Gasteiger partial charge is 0.453 e. The van der Waals surface area contributed by atoms with Gasteiger partial charge in [0.1, 0.15) is 23.7 Å². The van der Waals surface area contributed by atoms with Crippen molar-refractivity contribution in [3.8, 4) is 21.8 Å². The number of carbonyl (C=O) groups excluding carboxylic acids is 4. The van der Waals surface area contributed by atoms with Gasteiger partial charge in [-0.15, -0.1) is 11.3 Å². The summed E-state index contributed by atoms with van der Waals surface area (Å²) in [6.45, 7) is 10.3. The summed E-state index contributed by atoms with van der Waals surface area (Å²) in [6, 6.07) is 11.1. The molecule has 3 aromatic heterocycles. The molecule has 0 bridgehead atoms. The average Bonchev–Trinajstić information content (AvgIpc) is 3.80. The van der Waals surface area contributed by atoms with Crippen molar-refractivity contribution in [2.45, 2.75) is 84.1 Å². The number of nitrogens with zero attached hydrogens (tertiary/aromatic N) is 4. The summed E-state index contributed by atoms with van der Waals surface area (Å²) < 4.78 is 10.8. The molecule has 1 saturated carbocycles. The SMILES string of the molecule is COC(=O)NC(C(=O)N1CCC[C@H]1c1ncc(-c2ccc3c(ccc4cc(-c5cnc([C@@H]6[C@H]7CC7[C@H](C)N6C(=O)[C@@H](NC(=O)OC)C(C)C)[nH]5)sc43)c2)[nH]1)C(C)C.